The molecule has 1 heterocycles. The van der Waals surface area contributed by atoms with Crippen LogP contribution in [-0.4, -0.2) is 17.0 Å². The third-order valence-electron chi connectivity index (χ3n) is 2.84. The summed E-state index contributed by atoms with van der Waals surface area (Å²) in [4.78, 5) is 23.5. The fourth-order valence-corrected chi connectivity index (χ4v) is 1.68. The van der Waals surface area contributed by atoms with Gasteiger partial charge in [0.25, 0.3) is 11.5 Å². The maximum absolute atomic E-state index is 12.0. The first kappa shape index (κ1) is 14.6. The minimum Gasteiger partial charge on any atom is -0.322 e. The molecule has 1 aromatic carbocycles. The lowest BCUT2D eigenvalue weighted by Crippen LogP contribution is -2.19. The highest BCUT2D eigenvalue weighted by molar-refractivity contribution is 6.04. The molecule has 0 unspecified atom stereocenters. The van der Waals surface area contributed by atoms with E-state index >= 15 is 0 Å². The van der Waals surface area contributed by atoms with E-state index in [1.54, 1.807) is 43.6 Å². The normalized spacial score (nSPS) is 9.62. The fraction of sp³-hybridized carbons (Fsp3) is 0.125. The number of hydrogen-bond acceptors (Lipinski definition) is 3. The first-order chi connectivity index (χ1) is 10.1. The maximum atomic E-state index is 12.0. The molecule has 5 nitrogen and oxygen atoms in total. The van der Waals surface area contributed by atoms with Crippen LogP contribution >= 0.6 is 0 Å². The Hall–Kier alpha value is -2.84. The second kappa shape index (κ2) is 6.55. The molecule has 0 fully saturated rings. The van der Waals surface area contributed by atoms with Crippen molar-refractivity contribution in [2.24, 2.45) is 12.8 Å². The average molecular weight is 281 g/mol. The molecular weight excluding hydrogens is 266 g/mol. The number of aromatic nitrogens is 1. The van der Waals surface area contributed by atoms with Crippen LogP contribution in [0.2, 0.25) is 0 Å². The van der Waals surface area contributed by atoms with Gasteiger partial charge in [0.05, 0.1) is 6.54 Å². The van der Waals surface area contributed by atoms with E-state index in [0.29, 0.717) is 17.8 Å². The molecule has 1 amide bonds. The third kappa shape index (κ3) is 3.81. The van der Waals surface area contributed by atoms with E-state index in [0.717, 1.165) is 5.56 Å². The molecule has 0 bridgehead atoms. The zero-order valence-electron chi connectivity index (χ0n) is 11.6. The van der Waals surface area contributed by atoms with Crippen molar-refractivity contribution in [2.75, 3.05) is 11.9 Å². The third-order valence-corrected chi connectivity index (χ3v) is 2.84. The largest absolute Gasteiger partial charge is 0.322 e. The zero-order chi connectivity index (χ0) is 15.2. The number of nitrogens with one attached hydrogen (secondary N) is 1. The van der Waals surface area contributed by atoms with Gasteiger partial charge in [0.2, 0.25) is 0 Å². The number of pyridine rings is 1. The number of hydrogen-bond donors (Lipinski definition) is 2. The molecule has 2 aromatic rings. The highest BCUT2D eigenvalue weighted by Crippen LogP contribution is 2.10. The van der Waals surface area contributed by atoms with Gasteiger partial charge in [0.15, 0.2) is 0 Å². The number of amides is 1. The van der Waals surface area contributed by atoms with Crippen LogP contribution in [0.15, 0.2) is 47.4 Å². The van der Waals surface area contributed by atoms with Crippen molar-refractivity contribution in [1.82, 2.24) is 4.57 Å². The lowest BCUT2D eigenvalue weighted by molar-refractivity contribution is 0.102. The van der Waals surface area contributed by atoms with Crippen molar-refractivity contribution in [2.45, 2.75) is 0 Å². The molecule has 5 heteroatoms. The standard InChI is InChI=1S/C16H15N3O2/c1-19-10-8-13(11-15(19)20)16(21)18-14-6-4-12(5-7-14)3-2-9-17/h4-8,10-11H,9,17H2,1H3,(H,18,21). The first-order valence-electron chi connectivity index (χ1n) is 6.37. The smallest absolute Gasteiger partial charge is 0.255 e. The van der Waals surface area contributed by atoms with Crippen LogP contribution in [0.3, 0.4) is 0 Å². The number of nitrogens with two attached hydrogens (primary N) is 1. The Morgan fingerprint density at radius 2 is 2.00 bits per heavy atom. The Kier molecular flexibility index (Phi) is 4.54. The van der Waals surface area contributed by atoms with Gasteiger partial charge in [-0.25, -0.2) is 0 Å². The second-order valence-electron chi connectivity index (χ2n) is 4.40. The van der Waals surface area contributed by atoms with Gasteiger partial charge in [-0.05, 0) is 30.3 Å². The molecule has 0 atom stereocenters. The predicted molar refractivity (Wildman–Crippen MR) is 82.0 cm³/mol. The molecule has 0 aliphatic rings. The summed E-state index contributed by atoms with van der Waals surface area (Å²) < 4.78 is 1.40. The number of carbonyl (C=O) groups excluding carboxylic acids is 1. The summed E-state index contributed by atoms with van der Waals surface area (Å²) in [6.45, 7) is 0.307. The van der Waals surface area contributed by atoms with Crippen LogP contribution in [0.5, 0.6) is 0 Å². The van der Waals surface area contributed by atoms with E-state index in [4.69, 9.17) is 5.73 Å². The monoisotopic (exact) mass is 281 g/mol. The summed E-state index contributed by atoms with van der Waals surface area (Å²) in [5.74, 6) is 5.33. The van der Waals surface area contributed by atoms with Crippen molar-refractivity contribution < 1.29 is 4.79 Å². The van der Waals surface area contributed by atoms with Crippen molar-refractivity contribution in [3.8, 4) is 11.8 Å². The molecule has 1 aromatic heterocycles. The van der Waals surface area contributed by atoms with Gasteiger partial charge in [0.1, 0.15) is 0 Å². The molecule has 0 saturated carbocycles. The quantitative estimate of drug-likeness (QED) is 0.805. The van der Waals surface area contributed by atoms with E-state index in [1.807, 2.05) is 0 Å². The van der Waals surface area contributed by atoms with Gasteiger partial charge in [-0.15, -0.1) is 0 Å². The van der Waals surface area contributed by atoms with Crippen molar-refractivity contribution >= 4 is 11.6 Å². The molecule has 106 valence electrons. The highest BCUT2D eigenvalue weighted by Gasteiger charge is 2.07. The minimum atomic E-state index is -0.325. The number of nitrogens with zero attached hydrogens (tertiary/aromatic N) is 1. The van der Waals surface area contributed by atoms with Crippen LogP contribution in [0.4, 0.5) is 5.69 Å². The topological polar surface area (TPSA) is 77.1 Å². The van der Waals surface area contributed by atoms with E-state index in [2.05, 4.69) is 17.2 Å². The van der Waals surface area contributed by atoms with E-state index in [-0.39, 0.29) is 11.5 Å². The van der Waals surface area contributed by atoms with Gasteiger partial charge in [-0.2, -0.15) is 0 Å². The van der Waals surface area contributed by atoms with Crippen molar-refractivity contribution in [3.63, 3.8) is 0 Å². The lowest BCUT2D eigenvalue weighted by atomic mass is 10.2. The van der Waals surface area contributed by atoms with Crippen LogP contribution < -0.4 is 16.6 Å². The Morgan fingerprint density at radius 1 is 1.29 bits per heavy atom. The summed E-state index contributed by atoms with van der Waals surface area (Å²) in [6, 6.07) is 9.98. The maximum Gasteiger partial charge on any atom is 0.255 e. The van der Waals surface area contributed by atoms with E-state index in [9.17, 15) is 9.59 Å². The SMILES string of the molecule is Cn1ccc(C(=O)Nc2ccc(C#CCN)cc2)cc1=O. The van der Waals surface area contributed by atoms with Crippen LogP contribution in [0.25, 0.3) is 0 Å². The summed E-state index contributed by atoms with van der Waals surface area (Å²) in [6.07, 6.45) is 1.56. The van der Waals surface area contributed by atoms with Gasteiger partial charge in [-0.1, -0.05) is 11.8 Å². The number of benzene rings is 1. The number of anilines is 1. The Balaban J connectivity index is 2.12. The van der Waals surface area contributed by atoms with Crippen LogP contribution in [-0.2, 0) is 7.05 Å². The van der Waals surface area contributed by atoms with Gasteiger partial charge < -0.3 is 15.6 Å². The highest BCUT2D eigenvalue weighted by atomic mass is 16.2. The number of rotatable bonds is 2. The average Bonchev–Trinajstić information content (AvgIpc) is 2.49. The molecule has 3 N–H and O–H groups in total. The summed E-state index contributed by atoms with van der Waals surface area (Å²) in [5.41, 5.74) is 6.86. The molecule has 0 saturated heterocycles. The molecule has 21 heavy (non-hydrogen) atoms. The summed E-state index contributed by atoms with van der Waals surface area (Å²) in [7, 11) is 1.63. The van der Waals surface area contributed by atoms with Crippen LogP contribution in [0, 0.1) is 11.8 Å². The first-order valence-corrected chi connectivity index (χ1v) is 6.37. The van der Waals surface area contributed by atoms with Gasteiger partial charge in [-0.3, -0.25) is 9.59 Å². The zero-order valence-corrected chi connectivity index (χ0v) is 11.6. The lowest BCUT2D eigenvalue weighted by Gasteiger charge is -2.05. The molecule has 0 aliphatic heterocycles. The molecule has 2 rings (SSSR count). The Labute approximate surface area is 122 Å². The second-order valence-corrected chi connectivity index (χ2v) is 4.40. The minimum absolute atomic E-state index is 0.227. The Morgan fingerprint density at radius 3 is 2.62 bits per heavy atom. The van der Waals surface area contributed by atoms with Gasteiger partial charge >= 0.3 is 0 Å². The Bertz CT molecular complexity index is 765. The van der Waals surface area contributed by atoms with Crippen LogP contribution in [0.1, 0.15) is 15.9 Å². The fourth-order valence-electron chi connectivity index (χ4n) is 1.68. The van der Waals surface area contributed by atoms with Gasteiger partial charge in [0, 0.05) is 36.1 Å². The molecular formula is C16H15N3O2. The van der Waals surface area contributed by atoms with Crippen molar-refractivity contribution in [1.29, 1.82) is 0 Å². The number of carbonyl (C=O) groups is 1. The summed E-state index contributed by atoms with van der Waals surface area (Å²) >= 11 is 0. The molecule has 0 spiro atoms. The molecule has 0 radical (unpaired) electrons. The van der Waals surface area contributed by atoms with E-state index < -0.39 is 0 Å². The predicted octanol–water partition coefficient (Wildman–Crippen LogP) is 0.948. The summed E-state index contributed by atoms with van der Waals surface area (Å²) in [5, 5.41) is 2.73. The number of aryl methyl sites for hydroxylation is 1. The van der Waals surface area contributed by atoms with Crippen molar-refractivity contribution in [3.05, 3.63) is 64.1 Å². The van der Waals surface area contributed by atoms with E-state index in [1.165, 1.54) is 10.6 Å². The molecule has 0 aliphatic carbocycles.